The zero-order valence-electron chi connectivity index (χ0n) is 35.0. The van der Waals surface area contributed by atoms with Gasteiger partial charge in [0, 0.05) is 24.9 Å². The van der Waals surface area contributed by atoms with E-state index < -0.39 is 46.9 Å². The maximum atomic E-state index is 11.8. The Kier molecular flexibility index (Phi) is 24.2. The van der Waals surface area contributed by atoms with Gasteiger partial charge in [-0.2, -0.15) is 0 Å². The Labute approximate surface area is 383 Å². The van der Waals surface area contributed by atoms with Crippen molar-refractivity contribution in [3.63, 3.8) is 0 Å². The van der Waals surface area contributed by atoms with Gasteiger partial charge in [0.2, 0.25) is 0 Å². The molecule has 4 rings (SSSR count). The molecule has 0 bridgehead atoms. The van der Waals surface area contributed by atoms with Crippen LogP contribution in [0.4, 0.5) is 22.7 Å². The summed E-state index contributed by atoms with van der Waals surface area (Å²) < 4.78 is 18.4. The average Bonchev–Trinajstić information content (AvgIpc) is 3.23. The van der Waals surface area contributed by atoms with E-state index in [9.17, 15) is 39.6 Å². The van der Waals surface area contributed by atoms with Crippen LogP contribution >= 0.6 is 0 Å². The van der Waals surface area contributed by atoms with Gasteiger partial charge in [-0.3, -0.25) is 20.0 Å². The fraction of sp³-hybridized carbons (Fsp3) is 0.182. The number of hydrogen-bond donors (Lipinski definition) is 0. The van der Waals surface area contributed by atoms with Gasteiger partial charge in [0.15, 0.2) is 0 Å². The van der Waals surface area contributed by atoms with Crippen LogP contribution in [0.15, 0.2) is 138 Å². The molecule has 19 heteroatoms. The summed E-state index contributed by atoms with van der Waals surface area (Å²) in [6.45, 7) is 4.90. The van der Waals surface area contributed by atoms with E-state index in [1.54, 1.807) is 24.3 Å². The molecule has 4 aromatic rings. The Bertz CT molecular complexity index is 2190. The second kappa shape index (κ2) is 27.1. The van der Waals surface area contributed by atoms with Crippen LogP contribution in [0.25, 0.3) is 21.5 Å². The molecule has 0 atom stereocenters. The molecule has 0 spiro atoms. The molecule has 17 nitrogen and oxygen atoms in total. The first-order valence-corrected chi connectivity index (χ1v) is 17.6. The normalized spacial score (nSPS) is 12.7. The van der Waals surface area contributed by atoms with Crippen LogP contribution in [0.3, 0.4) is 0 Å². The van der Waals surface area contributed by atoms with Crippen molar-refractivity contribution in [2.24, 2.45) is 20.0 Å². The Morgan fingerprint density at radius 2 is 0.587 bits per heavy atom. The standard InChI is InChI=1S/2C22H22N2O6.2Fe.O/c2*1-13(25)17(21(27)29-3)11-23-19-9-15-7-5-6-8-16(15)10-20(19)24-12-18(14(2)26)22(28)30-4;;;/h2*5-12,25-26H,1-4H3;;;/q;;2*+3;-2/p-4/b2*17-13+,18-14+,23-11?,24-12?;;;. The van der Waals surface area contributed by atoms with Crippen LogP contribution in [-0.4, -0.2) is 77.2 Å². The van der Waals surface area contributed by atoms with E-state index in [0.29, 0.717) is 22.7 Å². The summed E-state index contributed by atoms with van der Waals surface area (Å²) in [7, 11) is 4.65. The van der Waals surface area contributed by atoms with Crippen LogP contribution in [0, 0.1) is 0 Å². The fourth-order valence-corrected chi connectivity index (χ4v) is 4.97. The number of nitrogens with zero attached hydrogens (tertiary/aromatic N) is 4. The summed E-state index contributed by atoms with van der Waals surface area (Å²) in [6, 6.07) is 21.7. The summed E-state index contributed by atoms with van der Waals surface area (Å²) in [5, 5.41) is 50.2. The number of hydrogen-bond acceptors (Lipinski definition) is 16. The van der Waals surface area contributed by atoms with Gasteiger partial charge in [-0.1, -0.05) is 76.2 Å². The van der Waals surface area contributed by atoms with Gasteiger partial charge in [-0.25, -0.2) is 19.2 Å². The van der Waals surface area contributed by atoms with E-state index in [-0.39, 0.29) is 61.9 Å². The van der Waals surface area contributed by atoms with Crippen LogP contribution in [0.5, 0.6) is 0 Å². The number of carbonyl (C=O) groups excluding carboxylic acids is 4. The van der Waals surface area contributed by atoms with Crippen molar-refractivity contribution >= 4 is 93.0 Å². The second-order valence-electron chi connectivity index (χ2n) is 12.3. The minimum Gasteiger partial charge on any atom is -2.00 e. The second-order valence-corrected chi connectivity index (χ2v) is 12.3. The molecule has 0 unspecified atom stereocenters. The van der Waals surface area contributed by atoms with Crippen LogP contribution in [0.1, 0.15) is 27.7 Å². The van der Waals surface area contributed by atoms with Crippen LogP contribution < -0.4 is 20.4 Å². The van der Waals surface area contributed by atoms with E-state index in [2.05, 4.69) is 38.9 Å². The van der Waals surface area contributed by atoms with Gasteiger partial charge in [-0.05, 0) is 45.8 Å². The molecule has 0 N–H and O–H groups in total. The van der Waals surface area contributed by atoms with E-state index in [0.717, 1.165) is 74.8 Å². The molecule has 330 valence electrons. The molecule has 0 saturated carbocycles. The maximum absolute atomic E-state index is 11.8. The molecule has 0 aliphatic rings. The molecule has 0 saturated heterocycles. The minimum absolute atomic E-state index is 0. The van der Waals surface area contributed by atoms with Crippen molar-refractivity contribution in [1.82, 2.24) is 0 Å². The summed E-state index contributed by atoms with van der Waals surface area (Å²) in [6.07, 6.45) is 4.42. The third-order valence-corrected chi connectivity index (χ3v) is 8.16. The maximum Gasteiger partial charge on any atom is 3.00 e. The molecule has 0 heterocycles. The predicted octanol–water partition coefficient (Wildman–Crippen LogP) is 3.59. The number of aliphatic imine (C=N–C) groups is 4. The first kappa shape index (κ1) is 56.1. The third kappa shape index (κ3) is 15.8. The molecule has 0 aliphatic carbocycles. The summed E-state index contributed by atoms with van der Waals surface area (Å²) in [5.74, 6) is -5.26. The van der Waals surface area contributed by atoms with Gasteiger partial charge in [-0.15, -0.1) is 23.0 Å². The number of fused-ring (bicyclic) bond motifs is 2. The summed E-state index contributed by atoms with van der Waals surface area (Å²) in [4.78, 5) is 64.0. The Hall–Kier alpha value is -6.88. The number of allylic oxidation sites excluding steroid dienone is 4. The zero-order valence-corrected chi connectivity index (χ0v) is 37.2. The van der Waals surface area contributed by atoms with Gasteiger partial charge in [0.1, 0.15) is 0 Å². The zero-order chi connectivity index (χ0) is 44.5. The van der Waals surface area contributed by atoms with Crippen LogP contribution in [0.2, 0.25) is 0 Å². The predicted molar refractivity (Wildman–Crippen MR) is 220 cm³/mol. The van der Waals surface area contributed by atoms with Crippen LogP contribution in [-0.2, 0) is 77.7 Å². The van der Waals surface area contributed by atoms with Gasteiger partial charge in [0.05, 0.1) is 73.5 Å². The molecule has 0 amide bonds. The topological polar surface area (TPSA) is 275 Å². The van der Waals surface area contributed by atoms with Crippen molar-refractivity contribution in [1.29, 1.82) is 0 Å². The Morgan fingerprint density at radius 3 is 0.730 bits per heavy atom. The number of methoxy groups -OCH3 is 4. The summed E-state index contributed by atoms with van der Waals surface area (Å²) >= 11 is 0. The van der Waals surface area contributed by atoms with Crippen molar-refractivity contribution < 1.29 is 98.2 Å². The quantitative estimate of drug-likeness (QED) is 0.0492. The van der Waals surface area contributed by atoms with Gasteiger partial charge < -0.3 is 44.8 Å². The number of esters is 4. The summed E-state index contributed by atoms with van der Waals surface area (Å²) in [5.41, 5.74) is 0.357. The molecule has 2 radical (unpaired) electrons. The van der Waals surface area contributed by atoms with E-state index in [1.807, 2.05) is 48.5 Å². The molecule has 63 heavy (non-hydrogen) atoms. The SMILES string of the molecule is COC(=O)/C(C=Nc1cc2ccccc2cc1N=C/C(C(=O)OC)=C(/C)[O-])=C(\C)[O-].COC(=O)/C(C=Nc1cc2ccccc2cc1N=C/C(C(=O)OC)=C(/C)[O-])=C(\C)[O-].[Fe+3].[Fe+3].[O-2]. The number of benzene rings is 4. The first-order valence-electron chi connectivity index (χ1n) is 17.6. The molecule has 4 aromatic carbocycles. The van der Waals surface area contributed by atoms with Crippen molar-refractivity contribution in [3.8, 4) is 0 Å². The third-order valence-electron chi connectivity index (χ3n) is 8.16. The monoisotopic (exact) mass is 944 g/mol. The minimum atomic E-state index is -0.810. The number of ether oxygens (including phenoxy) is 4. The fourth-order valence-electron chi connectivity index (χ4n) is 4.97. The van der Waals surface area contributed by atoms with E-state index in [4.69, 9.17) is 0 Å². The molecule has 0 fully saturated rings. The molecule has 0 aliphatic heterocycles. The van der Waals surface area contributed by atoms with Gasteiger partial charge in [0.25, 0.3) is 0 Å². The number of rotatable bonds is 12. The molecule has 0 aromatic heterocycles. The molecular weight excluding hydrogens is 904 g/mol. The van der Waals surface area contributed by atoms with Crippen molar-refractivity contribution in [2.45, 2.75) is 27.7 Å². The van der Waals surface area contributed by atoms with E-state index >= 15 is 0 Å². The van der Waals surface area contributed by atoms with E-state index in [1.165, 1.54) is 27.7 Å². The number of carbonyl (C=O) groups is 4. The average molecular weight is 945 g/mol. The first-order chi connectivity index (χ1) is 28.6. The molecular formula is C44H40Fe2N4O13. The Balaban J connectivity index is 0.00000116. The Morgan fingerprint density at radius 1 is 0.413 bits per heavy atom. The van der Waals surface area contributed by atoms with Crippen molar-refractivity contribution in [2.75, 3.05) is 28.4 Å². The largest absolute Gasteiger partial charge is 3.00 e. The smallest absolute Gasteiger partial charge is 2.00 e. The van der Waals surface area contributed by atoms with Crippen molar-refractivity contribution in [3.05, 3.63) is 118 Å². The van der Waals surface area contributed by atoms with Gasteiger partial charge >= 0.3 is 58.0 Å².